The highest BCUT2D eigenvalue weighted by Gasteiger charge is 2.21. The zero-order valence-electron chi connectivity index (χ0n) is 11.9. The summed E-state index contributed by atoms with van der Waals surface area (Å²) in [6.45, 7) is 10.4. The molecule has 1 aromatic rings. The molecule has 2 rings (SSSR count). The predicted molar refractivity (Wildman–Crippen MR) is 80.3 cm³/mol. The SMILES string of the molecule is CCC(CC)NCC(C)N1CCc2sccc2C1. The van der Waals surface area contributed by atoms with E-state index < -0.39 is 0 Å². The van der Waals surface area contributed by atoms with Crippen LogP contribution in [0.4, 0.5) is 0 Å². The first-order valence-electron chi connectivity index (χ1n) is 7.27. The van der Waals surface area contributed by atoms with E-state index in [9.17, 15) is 0 Å². The van der Waals surface area contributed by atoms with E-state index in [4.69, 9.17) is 0 Å². The van der Waals surface area contributed by atoms with Crippen molar-refractivity contribution in [3.63, 3.8) is 0 Å². The minimum atomic E-state index is 0.638. The van der Waals surface area contributed by atoms with Crippen LogP contribution in [-0.4, -0.2) is 30.1 Å². The zero-order chi connectivity index (χ0) is 13.0. The smallest absolute Gasteiger partial charge is 0.0248 e. The molecule has 0 radical (unpaired) electrons. The maximum atomic E-state index is 3.69. The molecule has 0 aromatic carbocycles. The molecule has 0 aliphatic carbocycles. The zero-order valence-corrected chi connectivity index (χ0v) is 12.7. The van der Waals surface area contributed by atoms with Crippen molar-refractivity contribution in [2.24, 2.45) is 0 Å². The molecule has 1 aliphatic heterocycles. The molecule has 1 N–H and O–H groups in total. The Labute approximate surface area is 115 Å². The number of fused-ring (bicyclic) bond motifs is 1. The average molecular weight is 266 g/mol. The van der Waals surface area contributed by atoms with Gasteiger partial charge in [0.1, 0.15) is 0 Å². The molecule has 0 saturated carbocycles. The molecule has 0 spiro atoms. The van der Waals surface area contributed by atoms with E-state index in [1.807, 2.05) is 11.3 Å². The van der Waals surface area contributed by atoms with Crippen molar-refractivity contribution in [3.8, 4) is 0 Å². The monoisotopic (exact) mass is 266 g/mol. The van der Waals surface area contributed by atoms with Crippen LogP contribution >= 0.6 is 11.3 Å². The number of rotatable bonds is 6. The second-order valence-electron chi connectivity index (χ2n) is 5.36. The second kappa shape index (κ2) is 6.69. The third kappa shape index (κ3) is 3.34. The van der Waals surface area contributed by atoms with Gasteiger partial charge < -0.3 is 5.32 Å². The summed E-state index contributed by atoms with van der Waals surface area (Å²) in [5.74, 6) is 0. The van der Waals surface area contributed by atoms with Crippen LogP contribution in [0.2, 0.25) is 0 Å². The summed E-state index contributed by atoms with van der Waals surface area (Å²) in [6.07, 6.45) is 3.71. The van der Waals surface area contributed by atoms with Gasteiger partial charge in [-0.1, -0.05) is 13.8 Å². The number of hydrogen-bond donors (Lipinski definition) is 1. The summed E-state index contributed by atoms with van der Waals surface area (Å²) in [5.41, 5.74) is 1.56. The molecule has 1 aliphatic rings. The van der Waals surface area contributed by atoms with Crippen molar-refractivity contribution in [2.75, 3.05) is 13.1 Å². The van der Waals surface area contributed by atoms with Crippen LogP contribution in [-0.2, 0) is 13.0 Å². The Morgan fingerprint density at radius 1 is 1.39 bits per heavy atom. The minimum Gasteiger partial charge on any atom is -0.312 e. The van der Waals surface area contributed by atoms with Crippen LogP contribution in [0, 0.1) is 0 Å². The summed E-state index contributed by atoms with van der Waals surface area (Å²) in [6, 6.07) is 3.63. The molecular formula is C15H26N2S. The molecule has 1 aromatic heterocycles. The summed E-state index contributed by atoms with van der Waals surface area (Å²) in [4.78, 5) is 4.22. The molecule has 0 amide bonds. The van der Waals surface area contributed by atoms with Crippen molar-refractivity contribution >= 4 is 11.3 Å². The van der Waals surface area contributed by atoms with Crippen molar-refractivity contribution in [3.05, 3.63) is 21.9 Å². The van der Waals surface area contributed by atoms with E-state index >= 15 is 0 Å². The number of nitrogens with zero attached hydrogens (tertiary/aromatic N) is 1. The topological polar surface area (TPSA) is 15.3 Å². The Bertz CT molecular complexity index is 357. The summed E-state index contributed by atoms with van der Waals surface area (Å²) < 4.78 is 0. The number of thiophene rings is 1. The van der Waals surface area contributed by atoms with Gasteiger partial charge in [-0.05, 0) is 43.2 Å². The van der Waals surface area contributed by atoms with E-state index in [1.165, 1.54) is 25.8 Å². The quantitative estimate of drug-likeness (QED) is 0.850. The van der Waals surface area contributed by atoms with Gasteiger partial charge in [0, 0.05) is 36.6 Å². The highest BCUT2D eigenvalue weighted by atomic mass is 32.1. The Morgan fingerprint density at radius 3 is 2.89 bits per heavy atom. The van der Waals surface area contributed by atoms with E-state index in [0.717, 1.165) is 13.1 Å². The van der Waals surface area contributed by atoms with Gasteiger partial charge in [-0.3, -0.25) is 4.90 Å². The normalized spacial score (nSPS) is 18.0. The lowest BCUT2D eigenvalue weighted by atomic mass is 10.1. The van der Waals surface area contributed by atoms with Gasteiger partial charge in [-0.25, -0.2) is 0 Å². The van der Waals surface area contributed by atoms with Crippen molar-refractivity contribution < 1.29 is 0 Å². The fourth-order valence-electron chi connectivity index (χ4n) is 2.69. The lowest BCUT2D eigenvalue weighted by Crippen LogP contribution is -2.45. The maximum absolute atomic E-state index is 3.69. The Kier molecular flexibility index (Phi) is 5.22. The fourth-order valence-corrected chi connectivity index (χ4v) is 3.58. The Morgan fingerprint density at radius 2 is 2.17 bits per heavy atom. The van der Waals surface area contributed by atoms with Crippen molar-refractivity contribution in [2.45, 2.75) is 58.7 Å². The van der Waals surface area contributed by atoms with Gasteiger partial charge in [0.25, 0.3) is 0 Å². The second-order valence-corrected chi connectivity index (χ2v) is 6.36. The lowest BCUT2D eigenvalue weighted by molar-refractivity contribution is 0.184. The molecule has 2 nitrogen and oxygen atoms in total. The van der Waals surface area contributed by atoms with Crippen molar-refractivity contribution in [1.82, 2.24) is 10.2 Å². The van der Waals surface area contributed by atoms with Gasteiger partial charge >= 0.3 is 0 Å². The largest absolute Gasteiger partial charge is 0.312 e. The molecule has 0 saturated heterocycles. The van der Waals surface area contributed by atoms with Gasteiger partial charge in [0.15, 0.2) is 0 Å². The lowest BCUT2D eigenvalue weighted by Gasteiger charge is -2.33. The molecule has 0 fully saturated rings. The Hall–Kier alpha value is -0.380. The number of hydrogen-bond acceptors (Lipinski definition) is 3. The molecule has 1 unspecified atom stereocenters. The van der Waals surface area contributed by atoms with Crippen molar-refractivity contribution in [1.29, 1.82) is 0 Å². The molecule has 102 valence electrons. The molecule has 3 heteroatoms. The van der Waals surface area contributed by atoms with Gasteiger partial charge in [0.2, 0.25) is 0 Å². The molecule has 18 heavy (non-hydrogen) atoms. The molecule has 1 atom stereocenters. The first-order chi connectivity index (χ1) is 8.74. The number of nitrogens with one attached hydrogen (secondary N) is 1. The van der Waals surface area contributed by atoms with E-state index in [0.29, 0.717) is 12.1 Å². The third-order valence-electron chi connectivity index (χ3n) is 4.15. The molecule has 0 bridgehead atoms. The highest BCUT2D eigenvalue weighted by Crippen LogP contribution is 2.24. The minimum absolute atomic E-state index is 0.638. The first-order valence-corrected chi connectivity index (χ1v) is 8.15. The van der Waals surface area contributed by atoms with Gasteiger partial charge in [0.05, 0.1) is 0 Å². The van der Waals surface area contributed by atoms with Crippen LogP contribution in [0.5, 0.6) is 0 Å². The first kappa shape index (κ1) is 14.0. The van der Waals surface area contributed by atoms with Gasteiger partial charge in [-0.2, -0.15) is 0 Å². The average Bonchev–Trinajstić information content (AvgIpc) is 2.86. The summed E-state index contributed by atoms with van der Waals surface area (Å²) in [5, 5.41) is 5.93. The van der Waals surface area contributed by atoms with E-state index in [-0.39, 0.29) is 0 Å². The fraction of sp³-hybridized carbons (Fsp3) is 0.733. The maximum Gasteiger partial charge on any atom is 0.0248 e. The van der Waals surface area contributed by atoms with Crippen LogP contribution < -0.4 is 5.32 Å². The van der Waals surface area contributed by atoms with Crippen LogP contribution in [0.25, 0.3) is 0 Å². The van der Waals surface area contributed by atoms with Crippen LogP contribution in [0.15, 0.2) is 11.4 Å². The Balaban J connectivity index is 1.82. The highest BCUT2D eigenvalue weighted by molar-refractivity contribution is 7.10. The summed E-state index contributed by atoms with van der Waals surface area (Å²) in [7, 11) is 0. The molecular weight excluding hydrogens is 240 g/mol. The van der Waals surface area contributed by atoms with Gasteiger partial charge in [-0.15, -0.1) is 11.3 Å². The summed E-state index contributed by atoms with van der Waals surface area (Å²) >= 11 is 1.92. The van der Waals surface area contributed by atoms with Crippen LogP contribution in [0.1, 0.15) is 44.1 Å². The molecule has 2 heterocycles. The standard InChI is InChI=1S/C15H26N2S/c1-4-14(5-2)16-10-12(3)17-8-6-15-13(11-17)7-9-18-15/h7,9,12,14,16H,4-6,8,10-11H2,1-3H3. The van der Waals surface area contributed by atoms with Crippen LogP contribution in [0.3, 0.4) is 0 Å². The third-order valence-corrected chi connectivity index (χ3v) is 5.17. The predicted octanol–water partition coefficient (Wildman–Crippen LogP) is 3.27. The van der Waals surface area contributed by atoms with E-state index in [1.54, 1.807) is 10.4 Å². The van der Waals surface area contributed by atoms with E-state index in [2.05, 4.69) is 42.4 Å².